The summed E-state index contributed by atoms with van der Waals surface area (Å²) in [4.78, 5) is 28.3. The van der Waals surface area contributed by atoms with Gasteiger partial charge in [0, 0.05) is 22.6 Å². The minimum Gasteiger partial charge on any atom is -0.354 e. The van der Waals surface area contributed by atoms with Crippen LogP contribution in [0.2, 0.25) is 5.02 Å². The zero-order chi connectivity index (χ0) is 27.9. The first-order valence-electron chi connectivity index (χ1n) is 12.1. The Kier molecular flexibility index (Phi) is 10.4. The Morgan fingerprint density at radius 1 is 0.947 bits per heavy atom. The highest BCUT2D eigenvalue weighted by Gasteiger charge is 2.32. The number of amides is 2. The molecule has 3 aromatic carbocycles. The Hall–Kier alpha value is -2.88. The fraction of sp³-hybridized carbons (Fsp3) is 0.286. The van der Waals surface area contributed by atoms with Crippen molar-refractivity contribution in [2.45, 2.75) is 38.3 Å². The molecule has 3 rings (SSSR count). The molecule has 0 saturated carbocycles. The van der Waals surface area contributed by atoms with Gasteiger partial charge in [0.05, 0.1) is 10.6 Å². The van der Waals surface area contributed by atoms with Crippen molar-refractivity contribution >= 4 is 55.1 Å². The van der Waals surface area contributed by atoms with Crippen LogP contribution in [0.25, 0.3) is 0 Å². The number of hydrogen-bond donors (Lipinski definition) is 1. The Morgan fingerprint density at radius 2 is 1.61 bits per heavy atom. The van der Waals surface area contributed by atoms with Crippen molar-refractivity contribution in [2.24, 2.45) is 5.92 Å². The van der Waals surface area contributed by atoms with Crippen molar-refractivity contribution in [1.29, 1.82) is 0 Å². The van der Waals surface area contributed by atoms with Gasteiger partial charge in [0.15, 0.2) is 0 Å². The highest BCUT2D eigenvalue weighted by atomic mass is 79.9. The molecule has 10 heteroatoms. The number of carbonyl (C=O) groups is 2. The van der Waals surface area contributed by atoms with Crippen LogP contribution in [0.3, 0.4) is 0 Å². The minimum atomic E-state index is -4.10. The van der Waals surface area contributed by atoms with Gasteiger partial charge in [-0.1, -0.05) is 77.8 Å². The molecule has 38 heavy (non-hydrogen) atoms. The largest absolute Gasteiger partial charge is 0.354 e. The van der Waals surface area contributed by atoms with E-state index in [9.17, 15) is 18.0 Å². The van der Waals surface area contributed by atoms with Crippen LogP contribution in [-0.2, 0) is 26.2 Å². The fourth-order valence-electron chi connectivity index (χ4n) is 3.70. The van der Waals surface area contributed by atoms with E-state index in [2.05, 4.69) is 21.2 Å². The lowest BCUT2D eigenvalue weighted by Gasteiger charge is -2.32. The Morgan fingerprint density at radius 3 is 2.21 bits per heavy atom. The molecule has 0 bridgehead atoms. The third-order valence-electron chi connectivity index (χ3n) is 5.82. The van der Waals surface area contributed by atoms with E-state index in [1.54, 1.807) is 73.7 Å². The second-order valence-corrected chi connectivity index (χ2v) is 12.5. The lowest BCUT2D eigenvalue weighted by molar-refractivity contribution is -0.139. The van der Waals surface area contributed by atoms with Gasteiger partial charge in [-0.15, -0.1) is 0 Å². The quantitative estimate of drug-likeness (QED) is 0.307. The van der Waals surface area contributed by atoms with Crippen molar-refractivity contribution in [2.75, 3.05) is 17.4 Å². The lowest BCUT2D eigenvalue weighted by atomic mass is 10.1. The molecule has 1 atom stereocenters. The number of benzene rings is 3. The summed E-state index contributed by atoms with van der Waals surface area (Å²) in [5.41, 5.74) is 1.08. The van der Waals surface area contributed by atoms with Crippen LogP contribution in [0.4, 0.5) is 5.69 Å². The molecule has 0 unspecified atom stereocenters. The summed E-state index contributed by atoms with van der Waals surface area (Å²) in [7, 11) is -4.10. The van der Waals surface area contributed by atoms with E-state index in [0.29, 0.717) is 21.7 Å². The molecule has 1 N–H and O–H groups in total. The molecule has 0 spiro atoms. The molecule has 0 aliphatic rings. The molecular formula is C28H31BrClN3O4S. The first-order valence-corrected chi connectivity index (χ1v) is 14.7. The van der Waals surface area contributed by atoms with Gasteiger partial charge in [-0.05, 0) is 60.9 Å². The zero-order valence-electron chi connectivity index (χ0n) is 21.5. The summed E-state index contributed by atoms with van der Waals surface area (Å²) in [5, 5.41) is 3.41. The van der Waals surface area contributed by atoms with Gasteiger partial charge in [0.25, 0.3) is 10.0 Å². The van der Waals surface area contributed by atoms with Gasteiger partial charge >= 0.3 is 0 Å². The minimum absolute atomic E-state index is 0.0553. The third-order valence-corrected chi connectivity index (χ3v) is 8.36. The third kappa shape index (κ3) is 7.82. The first kappa shape index (κ1) is 29.7. The molecular weight excluding hydrogens is 590 g/mol. The van der Waals surface area contributed by atoms with Crippen LogP contribution in [0.1, 0.15) is 26.3 Å². The summed E-state index contributed by atoms with van der Waals surface area (Å²) in [6.07, 6.45) is 0. The molecule has 0 aliphatic carbocycles. The molecule has 0 radical (unpaired) electrons. The van der Waals surface area contributed by atoms with Crippen molar-refractivity contribution in [3.63, 3.8) is 0 Å². The van der Waals surface area contributed by atoms with E-state index < -0.39 is 28.5 Å². The van der Waals surface area contributed by atoms with Gasteiger partial charge in [-0.3, -0.25) is 13.9 Å². The number of anilines is 1. The highest BCUT2D eigenvalue weighted by molar-refractivity contribution is 9.10. The maximum atomic E-state index is 13.8. The number of carbonyl (C=O) groups excluding carboxylic acids is 2. The van der Waals surface area contributed by atoms with E-state index in [4.69, 9.17) is 11.6 Å². The summed E-state index contributed by atoms with van der Waals surface area (Å²) in [6, 6.07) is 20.8. The molecule has 3 aromatic rings. The van der Waals surface area contributed by atoms with E-state index in [-0.39, 0.29) is 23.3 Å². The summed E-state index contributed by atoms with van der Waals surface area (Å²) < 4.78 is 29.2. The van der Waals surface area contributed by atoms with Crippen LogP contribution < -0.4 is 9.62 Å². The van der Waals surface area contributed by atoms with Gasteiger partial charge in [-0.25, -0.2) is 8.42 Å². The topological polar surface area (TPSA) is 86.8 Å². The number of sulfonamides is 1. The van der Waals surface area contributed by atoms with Crippen LogP contribution in [0.5, 0.6) is 0 Å². The van der Waals surface area contributed by atoms with Crippen LogP contribution in [-0.4, -0.2) is 44.3 Å². The number of halogens is 2. The molecule has 0 aliphatic heterocycles. The fourth-order valence-corrected chi connectivity index (χ4v) is 5.64. The smallest absolute Gasteiger partial charge is 0.264 e. The summed E-state index contributed by atoms with van der Waals surface area (Å²) in [5.74, 6) is -0.609. The number of nitrogens with one attached hydrogen (secondary N) is 1. The van der Waals surface area contributed by atoms with Crippen molar-refractivity contribution in [3.05, 3.63) is 93.9 Å². The van der Waals surface area contributed by atoms with E-state index >= 15 is 0 Å². The summed E-state index contributed by atoms with van der Waals surface area (Å²) in [6.45, 7) is 5.65. The molecule has 0 aromatic heterocycles. The number of nitrogens with zero attached hydrogens (tertiary/aromatic N) is 2. The van der Waals surface area contributed by atoms with Crippen LogP contribution >= 0.6 is 27.5 Å². The second-order valence-electron chi connectivity index (χ2n) is 9.27. The van der Waals surface area contributed by atoms with Gasteiger partial charge in [-0.2, -0.15) is 0 Å². The van der Waals surface area contributed by atoms with Gasteiger partial charge in [0.2, 0.25) is 11.8 Å². The van der Waals surface area contributed by atoms with Crippen molar-refractivity contribution < 1.29 is 18.0 Å². The zero-order valence-corrected chi connectivity index (χ0v) is 24.6. The average Bonchev–Trinajstić information content (AvgIpc) is 2.89. The molecule has 2 amide bonds. The average molecular weight is 621 g/mol. The SMILES string of the molecule is CC(C)CNC(=O)[C@H](C)N(Cc1ccc(Cl)cc1)C(=O)CN(c1cccc(Br)c1)S(=O)(=O)c1ccccc1. The normalized spacial score (nSPS) is 12.2. The van der Waals surface area contributed by atoms with Crippen molar-refractivity contribution in [3.8, 4) is 0 Å². The molecule has 202 valence electrons. The van der Waals surface area contributed by atoms with Crippen LogP contribution in [0, 0.1) is 5.92 Å². The van der Waals surface area contributed by atoms with E-state index in [1.165, 1.54) is 17.0 Å². The van der Waals surface area contributed by atoms with Crippen molar-refractivity contribution in [1.82, 2.24) is 10.2 Å². The van der Waals surface area contributed by atoms with E-state index in [0.717, 1.165) is 9.87 Å². The second kappa shape index (κ2) is 13.3. The first-order chi connectivity index (χ1) is 18.0. The Balaban J connectivity index is 1.99. The predicted molar refractivity (Wildman–Crippen MR) is 154 cm³/mol. The van der Waals surface area contributed by atoms with Gasteiger partial charge < -0.3 is 10.2 Å². The molecule has 7 nitrogen and oxygen atoms in total. The molecule has 0 heterocycles. The highest BCUT2D eigenvalue weighted by Crippen LogP contribution is 2.27. The maximum absolute atomic E-state index is 13.8. The predicted octanol–water partition coefficient (Wildman–Crippen LogP) is 5.49. The summed E-state index contributed by atoms with van der Waals surface area (Å²) >= 11 is 9.42. The molecule has 0 saturated heterocycles. The standard InChI is InChI=1S/C28H31BrClN3O4S/c1-20(2)17-31-28(35)21(3)32(18-22-12-14-24(30)15-13-22)27(34)19-33(25-9-7-8-23(29)16-25)38(36,37)26-10-5-4-6-11-26/h4-16,20-21H,17-19H2,1-3H3,(H,31,35)/t21-/m0/s1. The monoisotopic (exact) mass is 619 g/mol. The number of rotatable bonds is 11. The Bertz CT molecular complexity index is 1350. The van der Waals surface area contributed by atoms with Crippen LogP contribution in [0.15, 0.2) is 88.2 Å². The maximum Gasteiger partial charge on any atom is 0.264 e. The lowest BCUT2D eigenvalue weighted by Crippen LogP contribution is -2.51. The van der Waals surface area contributed by atoms with E-state index in [1.807, 2.05) is 13.8 Å². The number of hydrogen-bond acceptors (Lipinski definition) is 4. The Labute approximate surface area is 238 Å². The molecule has 0 fully saturated rings. The van der Waals surface area contributed by atoms with Gasteiger partial charge in [0.1, 0.15) is 12.6 Å².